The summed E-state index contributed by atoms with van der Waals surface area (Å²) >= 11 is 0. The molecule has 1 aliphatic heterocycles. The molecule has 6 nitrogen and oxygen atoms in total. The van der Waals surface area contributed by atoms with E-state index in [4.69, 9.17) is 10.5 Å². The maximum atomic E-state index is 11.8. The average Bonchev–Trinajstić information content (AvgIpc) is 2.24. The van der Waals surface area contributed by atoms with E-state index in [1.165, 1.54) is 0 Å². The fourth-order valence-corrected chi connectivity index (χ4v) is 2.53. The van der Waals surface area contributed by atoms with E-state index in [0.717, 1.165) is 19.4 Å². The van der Waals surface area contributed by atoms with Crippen LogP contribution in [0.4, 0.5) is 4.79 Å². The second-order valence-corrected chi connectivity index (χ2v) is 6.51. The fourth-order valence-electron chi connectivity index (χ4n) is 2.53. The normalized spacial score (nSPS) is 24.2. The van der Waals surface area contributed by atoms with Gasteiger partial charge in [0, 0.05) is 19.1 Å². The number of carbonyl (C=O) groups excluding carboxylic acids is 2. The zero-order valence-electron chi connectivity index (χ0n) is 12.9. The van der Waals surface area contributed by atoms with Crippen molar-refractivity contribution in [2.24, 2.45) is 11.7 Å². The summed E-state index contributed by atoms with van der Waals surface area (Å²) in [5.74, 6) is 0.126. The molecule has 1 fully saturated rings. The van der Waals surface area contributed by atoms with Gasteiger partial charge >= 0.3 is 6.09 Å². The number of alkyl carbamates (subject to hydrolysis) is 1. The molecule has 2 atom stereocenters. The average molecular weight is 285 g/mol. The number of nitrogens with zero attached hydrogens (tertiary/aromatic N) is 1. The number of hydrogen-bond donors (Lipinski definition) is 2. The lowest BCUT2D eigenvalue weighted by atomic mass is 9.92. The van der Waals surface area contributed by atoms with E-state index in [9.17, 15) is 9.59 Å². The monoisotopic (exact) mass is 285 g/mol. The molecule has 3 N–H and O–H groups in total. The van der Waals surface area contributed by atoms with E-state index in [0.29, 0.717) is 12.5 Å². The van der Waals surface area contributed by atoms with Gasteiger partial charge in [0.05, 0.1) is 6.54 Å². The number of rotatable bonds is 4. The smallest absolute Gasteiger partial charge is 0.407 e. The first kappa shape index (κ1) is 16.8. The van der Waals surface area contributed by atoms with Crippen molar-refractivity contribution in [3.05, 3.63) is 0 Å². The van der Waals surface area contributed by atoms with Crippen LogP contribution >= 0.6 is 0 Å². The Morgan fingerprint density at radius 1 is 1.35 bits per heavy atom. The highest BCUT2D eigenvalue weighted by Crippen LogP contribution is 2.20. The molecule has 116 valence electrons. The summed E-state index contributed by atoms with van der Waals surface area (Å²) in [7, 11) is 0. The molecule has 1 heterocycles. The van der Waals surface area contributed by atoms with E-state index >= 15 is 0 Å². The number of primary amides is 1. The molecule has 0 aromatic rings. The summed E-state index contributed by atoms with van der Waals surface area (Å²) in [6.45, 7) is 9.35. The van der Waals surface area contributed by atoms with Gasteiger partial charge in [-0.2, -0.15) is 0 Å². The van der Waals surface area contributed by atoms with Crippen LogP contribution in [-0.2, 0) is 9.53 Å². The number of nitrogens with one attached hydrogen (secondary N) is 1. The van der Waals surface area contributed by atoms with Crippen molar-refractivity contribution in [3.8, 4) is 0 Å². The first-order valence-corrected chi connectivity index (χ1v) is 7.19. The number of ether oxygens (including phenoxy) is 1. The minimum Gasteiger partial charge on any atom is -0.444 e. The van der Waals surface area contributed by atoms with Gasteiger partial charge in [-0.15, -0.1) is 0 Å². The Balaban J connectivity index is 2.55. The third kappa shape index (κ3) is 6.23. The Labute approximate surface area is 121 Å². The van der Waals surface area contributed by atoms with Crippen LogP contribution in [0.5, 0.6) is 0 Å². The quantitative estimate of drug-likeness (QED) is 0.810. The molecule has 6 heteroatoms. The molecule has 0 radical (unpaired) electrons. The molecule has 1 saturated heterocycles. The fraction of sp³-hybridized carbons (Fsp3) is 0.857. The zero-order valence-corrected chi connectivity index (χ0v) is 12.9. The van der Waals surface area contributed by atoms with E-state index < -0.39 is 11.7 Å². The van der Waals surface area contributed by atoms with Gasteiger partial charge in [-0.3, -0.25) is 9.69 Å². The summed E-state index contributed by atoms with van der Waals surface area (Å²) in [5.41, 5.74) is 4.74. The predicted molar refractivity (Wildman–Crippen MR) is 77.2 cm³/mol. The Hall–Kier alpha value is -1.30. The largest absolute Gasteiger partial charge is 0.444 e. The molecule has 1 aliphatic rings. The van der Waals surface area contributed by atoms with Crippen LogP contribution in [0.1, 0.15) is 40.5 Å². The van der Waals surface area contributed by atoms with Gasteiger partial charge in [0.15, 0.2) is 0 Å². The molecule has 2 amide bonds. The Morgan fingerprint density at radius 3 is 2.50 bits per heavy atom. The van der Waals surface area contributed by atoms with Crippen molar-refractivity contribution in [2.45, 2.75) is 52.2 Å². The lowest BCUT2D eigenvalue weighted by Crippen LogP contribution is -2.53. The Bertz CT molecular complexity index is 352. The van der Waals surface area contributed by atoms with Crippen LogP contribution in [-0.4, -0.2) is 48.2 Å². The van der Waals surface area contributed by atoms with Gasteiger partial charge in [0.2, 0.25) is 5.91 Å². The Kier molecular flexibility index (Phi) is 5.80. The SMILES string of the molecule is CCC1CC(NC(=O)OC(C)(C)C)CN(CC(N)=O)C1. The minimum atomic E-state index is -0.504. The number of nitrogens with two attached hydrogens (primary N) is 1. The first-order chi connectivity index (χ1) is 9.19. The van der Waals surface area contributed by atoms with Gasteiger partial charge in [-0.25, -0.2) is 4.79 Å². The summed E-state index contributed by atoms with van der Waals surface area (Å²) in [5, 5.41) is 2.89. The van der Waals surface area contributed by atoms with Crippen LogP contribution in [0.15, 0.2) is 0 Å². The number of likely N-dealkylation sites (tertiary alicyclic amines) is 1. The van der Waals surface area contributed by atoms with Crippen molar-refractivity contribution in [1.29, 1.82) is 0 Å². The molecule has 0 saturated carbocycles. The molecular weight excluding hydrogens is 258 g/mol. The summed E-state index contributed by atoms with van der Waals surface area (Å²) < 4.78 is 5.27. The van der Waals surface area contributed by atoms with Crippen molar-refractivity contribution >= 4 is 12.0 Å². The summed E-state index contributed by atoms with van der Waals surface area (Å²) in [6.07, 6.45) is 1.52. The van der Waals surface area contributed by atoms with E-state index in [-0.39, 0.29) is 18.5 Å². The lowest BCUT2D eigenvalue weighted by Gasteiger charge is -2.37. The van der Waals surface area contributed by atoms with Crippen molar-refractivity contribution in [1.82, 2.24) is 10.2 Å². The zero-order chi connectivity index (χ0) is 15.3. The third-order valence-corrected chi connectivity index (χ3v) is 3.29. The standard InChI is InChI=1S/C14H27N3O3/c1-5-10-6-11(8-17(7-10)9-12(15)18)16-13(19)20-14(2,3)4/h10-11H,5-9H2,1-4H3,(H2,15,18)(H,16,19). The van der Waals surface area contributed by atoms with Gasteiger partial charge < -0.3 is 15.8 Å². The molecule has 0 aromatic carbocycles. The molecule has 1 rings (SSSR count). The summed E-state index contributed by atoms with van der Waals surface area (Å²) in [4.78, 5) is 24.9. The van der Waals surface area contributed by atoms with Crippen LogP contribution < -0.4 is 11.1 Å². The van der Waals surface area contributed by atoms with Crippen molar-refractivity contribution in [3.63, 3.8) is 0 Å². The van der Waals surface area contributed by atoms with Crippen LogP contribution in [0.2, 0.25) is 0 Å². The van der Waals surface area contributed by atoms with Gasteiger partial charge in [-0.05, 0) is 33.1 Å². The highest BCUT2D eigenvalue weighted by molar-refractivity contribution is 5.76. The number of amides is 2. The predicted octanol–water partition coefficient (Wildman–Crippen LogP) is 1.10. The molecule has 0 aliphatic carbocycles. The topological polar surface area (TPSA) is 84.7 Å². The highest BCUT2D eigenvalue weighted by Gasteiger charge is 2.29. The van der Waals surface area contributed by atoms with Gasteiger partial charge in [0.1, 0.15) is 5.60 Å². The maximum absolute atomic E-state index is 11.8. The molecular formula is C14H27N3O3. The second-order valence-electron chi connectivity index (χ2n) is 6.51. The molecule has 20 heavy (non-hydrogen) atoms. The maximum Gasteiger partial charge on any atom is 0.407 e. The number of piperidine rings is 1. The lowest BCUT2D eigenvalue weighted by molar-refractivity contribution is -0.119. The third-order valence-electron chi connectivity index (χ3n) is 3.29. The molecule has 2 unspecified atom stereocenters. The second kappa shape index (κ2) is 6.92. The van der Waals surface area contributed by atoms with E-state index in [1.807, 2.05) is 25.7 Å². The highest BCUT2D eigenvalue weighted by atomic mass is 16.6. The van der Waals surface area contributed by atoms with E-state index in [2.05, 4.69) is 12.2 Å². The summed E-state index contributed by atoms with van der Waals surface area (Å²) in [6, 6.07) is 0.00269. The Morgan fingerprint density at radius 2 is 2.00 bits per heavy atom. The minimum absolute atomic E-state index is 0.00269. The molecule has 0 bridgehead atoms. The van der Waals surface area contributed by atoms with Crippen LogP contribution in [0.3, 0.4) is 0 Å². The van der Waals surface area contributed by atoms with Gasteiger partial charge in [-0.1, -0.05) is 13.3 Å². The number of hydrogen-bond acceptors (Lipinski definition) is 4. The number of carbonyl (C=O) groups is 2. The van der Waals surface area contributed by atoms with Crippen molar-refractivity contribution in [2.75, 3.05) is 19.6 Å². The van der Waals surface area contributed by atoms with Crippen LogP contribution in [0.25, 0.3) is 0 Å². The van der Waals surface area contributed by atoms with E-state index in [1.54, 1.807) is 0 Å². The van der Waals surface area contributed by atoms with Crippen LogP contribution in [0, 0.1) is 5.92 Å². The van der Waals surface area contributed by atoms with Crippen molar-refractivity contribution < 1.29 is 14.3 Å². The molecule has 0 spiro atoms. The first-order valence-electron chi connectivity index (χ1n) is 7.19. The molecule has 0 aromatic heterocycles. The van der Waals surface area contributed by atoms with Gasteiger partial charge in [0.25, 0.3) is 0 Å².